The highest BCUT2D eigenvalue weighted by atomic mass is 19.4. The van der Waals surface area contributed by atoms with Crippen molar-refractivity contribution in [1.29, 1.82) is 0 Å². The molecule has 4 rings (SSSR count). The molecule has 2 N–H and O–H groups in total. The summed E-state index contributed by atoms with van der Waals surface area (Å²) in [4.78, 5) is 17.3. The van der Waals surface area contributed by atoms with Crippen LogP contribution in [0.3, 0.4) is 0 Å². The van der Waals surface area contributed by atoms with Crippen molar-refractivity contribution >= 4 is 11.7 Å². The molecule has 192 valence electrons. The largest absolute Gasteiger partial charge is 0.465 e. The third-order valence-corrected chi connectivity index (χ3v) is 5.74. The Morgan fingerprint density at radius 2 is 1.86 bits per heavy atom. The number of aromatic nitrogens is 4. The molecular formula is C23H23F4N5O4. The van der Waals surface area contributed by atoms with E-state index in [1.54, 1.807) is 0 Å². The topological polar surface area (TPSA) is 111 Å². The second-order valence-electron chi connectivity index (χ2n) is 8.33. The number of aliphatic hydroxyl groups excluding tert-OH is 1. The third-order valence-electron chi connectivity index (χ3n) is 5.74. The molecule has 0 saturated heterocycles. The quantitative estimate of drug-likeness (QED) is 0.361. The van der Waals surface area contributed by atoms with Gasteiger partial charge in [0.05, 0.1) is 43.4 Å². The minimum atomic E-state index is -4.86. The Morgan fingerprint density at radius 3 is 2.50 bits per heavy atom. The molecule has 1 aromatic carbocycles. The minimum absolute atomic E-state index is 0.0667. The second-order valence-corrected chi connectivity index (χ2v) is 8.33. The summed E-state index contributed by atoms with van der Waals surface area (Å²) in [6.07, 6.45) is 0.932. The predicted octanol–water partition coefficient (Wildman–Crippen LogP) is 4.17. The lowest BCUT2D eigenvalue weighted by molar-refractivity contribution is -0.139. The number of nitrogens with zero attached hydrogens (tertiary/aromatic N) is 4. The van der Waals surface area contributed by atoms with E-state index in [9.17, 15) is 27.5 Å². The first-order valence-corrected chi connectivity index (χ1v) is 11.1. The van der Waals surface area contributed by atoms with Crippen LogP contribution in [-0.4, -0.2) is 50.3 Å². The lowest BCUT2D eigenvalue weighted by Gasteiger charge is -2.27. The van der Waals surface area contributed by atoms with Crippen molar-refractivity contribution in [3.05, 3.63) is 59.3 Å². The van der Waals surface area contributed by atoms with Crippen molar-refractivity contribution in [2.45, 2.75) is 50.6 Å². The number of alkyl halides is 3. The molecule has 0 spiro atoms. The number of carbonyl (C=O) groups excluding carboxylic acids is 1. The fourth-order valence-electron chi connectivity index (χ4n) is 3.93. The molecule has 2 heterocycles. The van der Waals surface area contributed by atoms with Crippen LogP contribution in [-0.2, 0) is 17.5 Å². The number of ether oxygens (including phenoxy) is 2. The predicted molar refractivity (Wildman–Crippen MR) is 118 cm³/mol. The van der Waals surface area contributed by atoms with Gasteiger partial charge in [0.1, 0.15) is 5.56 Å². The molecule has 0 atom stereocenters. The van der Waals surface area contributed by atoms with Crippen LogP contribution in [0, 0.1) is 5.82 Å². The molecular weight excluding hydrogens is 486 g/mol. The van der Waals surface area contributed by atoms with Crippen molar-refractivity contribution in [3.63, 3.8) is 0 Å². The van der Waals surface area contributed by atoms with Gasteiger partial charge in [0.15, 0.2) is 11.6 Å². The van der Waals surface area contributed by atoms with Gasteiger partial charge in [-0.15, -0.1) is 0 Å². The van der Waals surface area contributed by atoms with Gasteiger partial charge in [-0.1, -0.05) is 0 Å². The van der Waals surface area contributed by atoms with Gasteiger partial charge >= 0.3 is 12.1 Å². The Kier molecular flexibility index (Phi) is 7.38. The molecule has 13 heteroatoms. The number of hydrogen-bond donors (Lipinski definition) is 2. The summed E-state index contributed by atoms with van der Waals surface area (Å²) in [5, 5.41) is 20.4. The van der Waals surface area contributed by atoms with Crippen LogP contribution in [0.25, 0.3) is 0 Å². The zero-order valence-electron chi connectivity index (χ0n) is 19.1. The maximum Gasteiger partial charge on any atom is 0.421 e. The van der Waals surface area contributed by atoms with E-state index in [4.69, 9.17) is 9.47 Å². The summed E-state index contributed by atoms with van der Waals surface area (Å²) >= 11 is 0. The van der Waals surface area contributed by atoms with Gasteiger partial charge in [0.25, 0.3) is 0 Å². The number of aliphatic hydroxyl groups is 1. The molecule has 0 unspecified atom stereocenters. The number of nitrogens with one attached hydrogen (secondary N) is 1. The summed E-state index contributed by atoms with van der Waals surface area (Å²) in [6, 6.07) is 2.64. The standard InChI is InChI=1S/C23H23F4N5O4/c1-35-22(34)16-9-20(18(24)10-19(16)31-14-2-4-15(33)5-3-14)36-21-17(23(25,26)27)8-13(11-28-21)12-32-29-6-7-30-32/h6-11,14-15,31,33H,2-5,12H2,1H3. The third kappa shape index (κ3) is 5.90. The second kappa shape index (κ2) is 10.5. The van der Waals surface area contributed by atoms with E-state index in [2.05, 4.69) is 20.5 Å². The zero-order chi connectivity index (χ0) is 25.9. The first kappa shape index (κ1) is 25.4. The number of methoxy groups -OCH3 is 1. The summed E-state index contributed by atoms with van der Waals surface area (Å²) in [7, 11) is 1.13. The molecule has 1 saturated carbocycles. The number of pyridine rings is 1. The molecule has 1 aliphatic rings. The van der Waals surface area contributed by atoms with Crippen molar-refractivity contribution in [3.8, 4) is 11.6 Å². The molecule has 1 fully saturated rings. The summed E-state index contributed by atoms with van der Waals surface area (Å²) < 4.78 is 66.3. The number of rotatable bonds is 7. The summed E-state index contributed by atoms with van der Waals surface area (Å²) in [6.45, 7) is -0.0667. The van der Waals surface area contributed by atoms with Gasteiger partial charge in [0.2, 0.25) is 5.88 Å². The molecule has 36 heavy (non-hydrogen) atoms. The van der Waals surface area contributed by atoms with E-state index >= 15 is 0 Å². The van der Waals surface area contributed by atoms with Crippen LogP contribution in [0.5, 0.6) is 11.6 Å². The molecule has 2 aromatic heterocycles. The van der Waals surface area contributed by atoms with Gasteiger partial charge in [-0.3, -0.25) is 0 Å². The smallest absolute Gasteiger partial charge is 0.421 e. The van der Waals surface area contributed by atoms with Gasteiger partial charge in [0, 0.05) is 24.4 Å². The van der Waals surface area contributed by atoms with Gasteiger partial charge in [-0.05, 0) is 37.3 Å². The molecule has 0 radical (unpaired) electrons. The number of anilines is 1. The van der Waals surface area contributed by atoms with Crippen molar-refractivity contribution in [2.75, 3.05) is 12.4 Å². The van der Waals surface area contributed by atoms with Crippen LogP contribution in [0.15, 0.2) is 36.8 Å². The Hall–Kier alpha value is -3.74. The van der Waals surface area contributed by atoms with Crippen LogP contribution in [0.4, 0.5) is 23.2 Å². The van der Waals surface area contributed by atoms with Gasteiger partial charge < -0.3 is 19.9 Å². The monoisotopic (exact) mass is 509 g/mol. The Bertz CT molecular complexity index is 1210. The van der Waals surface area contributed by atoms with Crippen molar-refractivity contribution in [2.24, 2.45) is 0 Å². The molecule has 3 aromatic rings. The highest BCUT2D eigenvalue weighted by Gasteiger charge is 2.36. The average molecular weight is 509 g/mol. The molecule has 9 nitrogen and oxygen atoms in total. The van der Waals surface area contributed by atoms with E-state index in [-0.39, 0.29) is 29.4 Å². The molecule has 1 aliphatic carbocycles. The van der Waals surface area contributed by atoms with E-state index in [0.29, 0.717) is 25.7 Å². The van der Waals surface area contributed by atoms with Crippen LogP contribution < -0.4 is 10.1 Å². The highest BCUT2D eigenvalue weighted by molar-refractivity contribution is 5.96. The Balaban J connectivity index is 1.64. The number of hydrogen-bond acceptors (Lipinski definition) is 8. The Morgan fingerprint density at radius 1 is 1.17 bits per heavy atom. The summed E-state index contributed by atoms with van der Waals surface area (Å²) in [5.41, 5.74) is -1.08. The van der Waals surface area contributed by atoms with Gasteiger partial charge in [-0.2, -0.15) is 28.2 Å². The maximum absolute atomic E-state index is 15.0. The number of esters is 1. The normalized spacial score (nSPS) is 18.1. The van der Waals surface area contributed by atoms with E-state index in [1.807, 2.05) is 0 Å². The minimum Gasteiger partial charge on any atom is -0.465 e. The maximum atomic E-state index is 15.0. The molecule has 0 aliphatic heterocycles. The lowest BCUT2D eigenvalue weighted by Crippen LogP contribution is -2.29. The fourth-order valence-corrected chi connectivity index (χ4v) is 3.93. The van der Waals surface area contributed by atoms with Crippen LogP contribution >= 0.6 is 0 Å². The van der Waals surface area contributed by atoms with Crippen molar-refractivity contribution < 1.29 is 36.9 Å². The number of carbonyl (C=O) groups is 1. The highest BCUT2D eigenvalue weighted by Crippen LogP contribution is 2.39. The number of benzene rings is 1. The SMILES string of the molecule is COC(=O)c1cc(Oc2ncc(Cn3nccn3)cc2C(F)(F)F)c(F)cc1NC1CCC(O)CC1. The number of halogens is 4. The van der Waals surface area contributed by atoms with E-state index < -0.39 is 41.3 Å². The first-order valence-electron chi connectivity index (χ1n) is 11.1. The van der Waals surface area contributed by atoms with E-state index in [1.165, 1.54) is 17.2 Å². The van der Waals surface area contributed by atoms with Crippen molar-refractivity contribution in [1.82, 2.24) is 20.0 Å². The van der Waals surface area contributed by atoms with Gasteiger partial charge in [-0.25, -0.2) is 14.2 Å². The average Bonchev–Trinajstić information content (AvgIpc) is 3.35. The first-order chi connectivity index (χ1) is 17.1. The van der Waals surface area contributed by atoms with Crippen LogP contribution in [0.1, 0.15) is 47.2 Å². The summed E-state index contributed by atoms with van der Waals surface area (Å²) in [5.74, 6) is -3.33. The molecule has 0 bridgehead atoms. The lowest BCUT2D eigenvalue weighted by atomic mass is 9.92. The zero-order valence-corrected chi connectivity index (χ0v) is 19.1. The van der Waals surface area contributed by atoms with E-state index in [0.717, 1.165) is 31.5 Å². The molecule has 0 amide bonds. The Labute approximate surface area is 203 Å². The fraction of sp³-hybridized carbons (Fsp3) is 0.391. The van der Waals surface area contributed by atoms with Crippen LogP contribution in [0.2, 0.25) is 0 Å².